The molecule has 2 aromatic rings. The smallest absolute Gasteiger partial charge is 0.375 e. The zero-order valence-electron chi connectivity index (χ0n) is 12.7. The molecule has 0 aromatic heterocycles. The van der Waals surface area contributed by atoms with E-state index in [9.17, 15) is 18.3 Å². The first-order valence-corrected chi connectivity index (χ1v) is 7.51. The summed E-state index contributed by atoms with van der Waals surface area (Å²) >= 11 is 0. The van der Waals surface area contributed by atoms with E-state index in [1.165, 1.54) is 12.1 Å². The Morgan fingerprint density at radius 3 is 2.30 bits per heavy atom. The van der Waals surface area contributed by atoms with E-state index in [4.69, 9.17) is 0 Å². The van der Waals surface area contributed by atoms with Gasteiger partial charge in [-0.2, -0.15) is 13.2 Å². The van der Waals surface area contributed by atoms with E-state index in [1.54, 1.807) is 24.1 Å². The third-order valence-corrected chi connectivity index (χ3v) is 4.63. The molecule has 0 amide bonds. The SMILES string of the molecule is CN1c2ccccc2[C@](O)(C(F)(F)F)[C@@H]1CCc1ccccc1. The summed E-state index contributed by atoms with van der Waals surface area (Å²) < 4.78 is 41.1. The lowest BCUT2D eigenvalue weighted by Gasteiger charge is -2.35. The molecule has 1 N–H and O–H groups in total. The van der Waals surface area contributed by atoms with Crippen LogP contribution in [0.25, 0.3) is 0 Å². The van der Waals surface area contributed by atoms with E-state index in [-0.39, 0.29) is 12.0 Å². The third-order valence-electron chi connectivity index (χ3n) is 4.63. The van der Waals surface area contributed by atoms with E-state index in [0.29, 0.717) is 12.1 Å². The summed E-state index contributed by atoms with van der Waals surface area (Å²) in [5.41, 5.74) is -1.51. The fourth-order valence-electron chi connectivity index (χ4n) is 3.42. The van der Waals surface area contributed by atoms with E-state index in [0.717, 1.165) is 5.56 Å². The van der Waals surface area contributed by atoms with Crippen LogP contribution in [0.3, 0.4) is 0 Å². The third kappa shape index (κ3) is 2.49. The Labute approximate surface area is 133 Å². The molecule has 2 nitrogen and oxygen atoms in total. The summed E-state index contributed by atoms with van der Waals surface area (Å²) in [4.78, 5) is 1.55. The van der Waals surface area contributed by atoms with Crippen LogP contribution in [0.1, 0.15) is 17.5 Å². The van der Waals surface area contributed by atoms with Crippen LogP contribution >= 0.6 is 0 Å². The molecule has 0 saturated carbocycles. The highest BCUT2D eigenvalue weighted by Crippen LogP contribution is 2.52. The predicted molar refractivity (Wildman–Crippen MR) is 83.3 cm³/mol. The molecule has 0 saturated heterocycles. The van der Waals surface area contributed by atoms with Gasteiger partial charge in [-0.15, -0.1) is 0 Å². The topological polar surface area (TPSA) is 23.5 Å². The number of para-hydroxylation sites is 1. The minimum absolute atomic E-state index is 0.0620. The van der Waals surface area contributed by atoms with Crippen LogP contribution in [0.4, 0.5) is 18.9 Å². The molecule has 122 valence electrons. The van der Waals surface area contributed by atoms with Crippen molar-refractivity contribution in [2.24, 2.45) is 0 Å². The molecule has 2 atom stereocenters. The number of halogens is 3. The van der Waals surface area contributed by atoms with Crippen molar-refractivity contribution in [3.05, 3.63) is 65.7 Å². The van der Waals surface area contributed by atoms with Crippen molar-refractivity contribution in [3.8, 4) is 0 Å². The molecule has 1 aliphatic heterocycles. The van der Waals surface area contributed by atoms with Gasteiger partial charge in [-0.1, -0.05) is 48.5 Å². The Kier molecular flexibility index (Phi) is 3.84. The summed E-state index contributed by atoms with van der Waals surface area (Å²) in [6.45, 7) is 0. The molecule has 1 aliphatic rings. The van der Waals surface area contributed by atoms with Gasteiger partial charge in [0.15, 0.2) is 0 Å². The lowest BCUT2D eigenvalue weighted by Crippen LogP contribution is -2.53. The maximum Gasteiger partial charge on any atom is 0.423 e. The van der Waals surface area contributed by atoms with Crippen molar-refractivity contribution in [2.75, 3.05) is 11.9 Å². The van der Waals surface area contributed by atoms with Crippen LogP contribution in [0.2, 0.25) is 0 Å². The molecule has 0 aliphatic carbocycles. The normalized spacial score (nSPS) is 23.9. The molecule has 1 heterocycles. The van der Waals surface area contributed by atoms with E-state index in [2.05, 4.69) is 0 Å². The molecule has 5 heteroatoms. The van der Waals surface area contributed by atoms with Gasteiger partial charge in [-0.3, -0.25) is 0 Å². The van der Waals surface area contributed by atoms with E-state index in [1.807, 2.05) is 30.3 Å². The van der Waals surface area contributed by atoms with Crippen molar-refractivity contribution in [1.82, 2.24) is 0 Å². The highest BCUT2D eigenvalue weighted by Gasteiger charge is 2.64. The zero-order chi connectivity index (χ0) is 16.7. The van der Waals surface area contributed by atoms with Crippen molar-refractivity contribution in [3.63, 3.8) is 0 Å². The monoisotopic (exact) mass is 321 g/mol. The largest absolute Gasteiger partial charge is 0.423 e. The van der Waals surface area contributed by atoms with Crippen molar-refractivity contribution in [1.29, 1.82) is 0 Å². The van der Waals surface area contributed by atoms with Crippen molar-refractivity contribution < 1.29 is 18.3 Å². The number of alkyl halides is 3. The predicted octanol–water partition coefficient (Wildman–Crippen LogP) is 3.89. The van der Waals surface area contributed by atoms with Gasteiger partial charge in [0.25, 0.3) is 0 Å². The Morgan fingerprint density at radius 1 is 1.04 bits per heavy atom. The summed E-state index contributed by atoms with van der Waals surface area (Å²) in [6, 6.07) is 14.5. The first kappa shape index (κ1) is 15.9. The lowest BCUT2D eigenvalue weighted by atomic mass is 9.85. The quantitative estimate of drug-likeness (QED) is 0.927. The number of anilines is 1. The molecule has 0 bridgehead atoms. The molecule has 0 radical (unpaired) electrons. The maximum absolute atomic E-state index is 13.7. The number of rotatable bonds is 3. The standard InChI is InChI=1S/C18H18F3NO/c1-22-15-10-6-5-9-14(15)17(23,18(19,20)21)16(22)12-11-13-7-3-2-4-8-13/h2-10,16,23H,11-12H2,1H3/t16-,17+/m0/s1. The number of nitrogens with zero attached hydrogens (tertiary/aromatic N) is 1. The van der Waals surface area contributed by atoms with Gasteiger partial charge in [-0.05, 0) is 24.5 Å². The van der Waals surface area contributed by atoms with Crippen LogP contribution in [-0.4, -0.2) is 24.4 Å². The Bertz CT molecular complexity index is 686. The minimum Gasteiger partial charge on any atom is -0.375 e. The van der Waals surface area contributed by atoms with Crippen LogP contribution in [-0.2, 0) is 12.0 Å². The van der Waals surface area contributed by atoms with Gasteiger partial charge < -0.3 is 10.0 Å². The van der Waals surface area contributed by atoms with Gasteiger partial charge >= 0.3 is 6.18 Å². The average molecular weight is 321 g/mol. The van der Waals surface area contributed by atoms with Crippen molar-refractivity contribution in [2.45, 2.75) is 30.7 Å². The summed E-state index contributed by atoms with van der Waals surface area (Å²) in [6.07, 6.45) is -4.04. The molecule has 0 spiro atoms. The lowest BCUT2D eigenvalue weighted by molar-refractivity contribution is -0.271. The summed E-state index contributed by atoms with van der Waals surface area (Å²) in [5, 5.41) is 10.6. The van der Waals surface area contributed by atoms with Crippen LogP contribution in [0, 0.1) is 0 Å². The van der Waals surface area contributed by atoms with Crippen LogP contribution in [0.5, 0.6) is 0 Å². The number of likely N-dealkylation sites (N-methyl/N-ethyl adjacent to an activating group) is 1. The first-order valence-electron chi connectivity index (χ1n) is 7.51. The van der Waals surface area contributed by atoms with E-state index < -0.39 is 17.8 Å². The number of aliphatic hydroxyl groups is 1. The number of benzene rings is 2. The maximum atomic E-state index is 13.7. The molecular weight excluding hydrogens is 303 g/mol. The number of hydrogen-bond acceptors (Lipinski definition) is 2. The Morgan fingerprint density at radius 2 is 1.65 bits per heavy atom. The second-order valence-electron chi connectivity index (χ2n) is 5.93. The van der Waals surface area contributed by atoms with Crippen LogP contribution < -0.4 is 4.90 Å². The second kappa shape index (κ2) is 5.57. The van der Waals surface area contributed by atoms with E-state index >= 15 is 0 Å². The summed E-state index contributed by atoms with van der Waals surface area (Å²) in [7, 11) is 1.61. The molecule has 2 aromatic carbocycles. The summed E-state index contributed by atoms with van der Waals surface area (Å²) in [5.74, 6) is 0. The Hall–Kier alpha value is -2.01. The van der Waals surface area contributed by atoms with Gasteiger partial charge in [-0.25, -0.2) is 0 Å². The highest BCUT2D eigenvalue weighted by atomic mass is 19.4. The fraction of sp³-hybridized carbons (Fsp3) is 0.333. The zero-order valence-corrected chi connectivity index (χ0v) is 12.7. The molecule has 3 rings (SSSR count). The van der Waals surface area contributed by atoms with Gasteiger partial charge in [0, 0.05) is 18.3 Å². The number of fused-ring (bicyclic) bond motifs is 1. The minimum atomic E-state index is -4.73. The van der Waals surface area contributed by atoms with Gasteiger partial charge in [0.1, 0.15) is 0 Å². The average Bonchev–Trinajstić information content (AvgIpc) is 2.76. The van der Waals surface area contributed by atoms with Gasteiger partial charge in [0.2, 0.25) is 5.60 Å². The molecule has 0 fully saturated rings. The van der Waals surface area contributed by atoms with Gasteiger partial charge in [0.05, 0.1) is 6.04 Å². The Balaban J connectivity index is 1.95. The number of aryl methyl sites for hydroxylation is 1. The van der Waals surface area contributed by atoms with Crippen molar-refractivity contribution >= 4 is 5.69 Å². The number of hydrogen-bond donors (Lipinski definition) is 1. The fourth-order valence-corrected chi connectivity index (χ4v) is 3.42. The second-order valence-corrected chi connectivity index (χ2v) is 5.93. The highest BCUT2D eigenvalue weighted by molar-refractivity contribution is 5.63. The molecule has 23 heavy (non-hydrogen) atoms. The first-order chi connectivity index (χ1) is 10.9. The molecule has 0 unspecified atom stereocenters. The molecular formula is C18H18F3NO. The van der Waals surface area contributed by atoms with Crippen LogP contribution in [0.15, 0.2) is 54.6 Å².